The van der Waals surface area contributed by atoms with Crippen LogP contribution in [0.1, 0.15) is 11.1 Å². The second kappa shape index (κ2) is 5.61. The lowest BCUT2D eigenvalue weighted by Gasteiger charge is -2.07. The molecule has 0 aliphatic heterocycles. The average Bonchev–Trinajstić information content (AvgIpc) is 2.33. The normalized spacial score (nSPS) is 10.1. The van der Waals surface area contributed by atoms with Crippen molar-refractivity contribution in [3.63, 3.8) is 0 Å². The van der Waals surface area contributed by atoms with E-state index >= 15 is 0 Å². The molecule has 82 valence electrons. The van der Waals surface area contributed by atoms with Gasteiger partial charge in [0.2, 0.25) is 0 Å². The highest BCUT2D eigenvalue weighted by Crippen LogP contribution is 2.19. The molecule has 1 nitrogen and oxygen atoms in total. The van der Waals surface area contributed by atoms with Gasteiger partial charge in [-0.15, -0.1) is 0 Å². The zero-order valence-electron chi connectivity index (χ0n) is 9.31. The maximum atomic E-state index is 3.38. The van der Waals surface area contributed by atoms with E-state index in [9.17, 15) is 0 Å². The van der Waals surface area contributed by atoms with Crippen LogP contribution < -0.4 is 4.72 Å². The van der Waals surface area contributed by atoms with Gasteiger partial charge in [0.25, 0.3) is 0 Å². The molecule has 0 bridgehead atoms. The Balaban J connectivity index is 1.87. The molecule has 0 aliphatic rings. The fourth-order valence-electron chi connectivity index (χ4n) is 1.46. The highest BCUT2D eigenvalue weighted by Gasteiger charge is 1.96. The van der Waals surface area contributed by atoms with Gasteiger partial charge in [0, 0.05) is 11.4 Å². The van der Waals surface area contributed by atoms with Gasteiger partial charge in [0.15, 0.2) is 0 Å². The van der Waals surface area contributed by atoms with Crippen molar-refractivity contribution in [3.05, 3.63) is 65.7 Å². The summed E-state index contributed by atoms with van der Waals surface area (Å²) in [6.45, 7) is 2.12. The van der Waals surface area contributed by atoms with Crippen LogP contribution in [-0.4, -0.2) is 0 Å². The number of anilines is 1. The van der Waals surface area contributed by atoms with Gasteiger partial charge in [-0.3, -0.25) is 0 Å². The van der Waals surface area contributed by atoms with E-state index in [0.29, 0.717) is 0 Å². The van der Waals surface area contributed by atoms with E-state index in [1.54, 1.807) is 11.9 Å². The van der Waals surface area contributed by atoms with Crippen molar-refractivity contribution in [1.29, 1.82) is 0 Å². The molecule has 0 heterocycles. The van der Waals surface area contributed by atoms with Crippen LogP contribution in [0.25, 0.3) is 0 Å². The number of aryl methyl sites for hydroxylation is 1. The summed E-state index contributed by atoms with van der Waals surface area (Å²) in [6.07, 6.45) is 0. The highest BCUT2D eigenvalue weighted by atomic mass is 32.2. The molecule has 2 aromatic carbocycles. The van der Waals surface area contributed by atoms with Gasteiger partial charge < -0.3 is 4.72 Å². The lowest BCUT2D eigenvalue weighted by Crippen LogP contribution is -1.90. The molecule has 0 spiro atoms. The van der Waals surface area contributed by atoms with Crippen molar-refractivity contribution < 1.29 is 0 Å². The molecule has 0 radical (unpaired) electrons. The number of rotatable bonds is 4. The summed E-state index contributed by atoms with van der Waals surface area (Å²) in [6, 6.07) is 18.8. The van der Waals surface area contributed by atoms with Crippen LogP contribution in [0.15, 0.2) is 54.6 Å². The largest absolute Gasteiger partial charge is 0.329 e. The Morgan fingerprint density at radius 3 is 2.38 bits per heavy atom. The van der Waals surface area contributed by atoms with Gasteiger partial charge in [-0.1, -0.05) is 48.5 Å². The smallest absolute Gasteiger partial charge is 0.0469 e. The first-order chi connectivity index (χ1) is 7.86. The van der Waals surface area contributed by atoms with E-state index in [1.165, 1.54) is 16.8 Å². The van der Waals surface area contributed by atoms with Crippen LogP contribution in [0.3, 0.4) is 0 Å². The maximum absolute atomic E-state index is 3.38. The summed E-state index contributed by atoms with van der Waals surface area (Å²) in [5.41, 5.74) is 3.82. The minimum Gasteiger partial charge on any atom is -0.329 e. The molecule has 1 N–H and O–H groups in total. The first-order valence-corrected chi connectivity index (χ1v) is 6.32. The predicted octanol–water partition coefficient (Wildman–Crippen LogP) is 4.26. The Morgan fingerprint density at radius 2 is 1.62 bits per heavy atom. The third kappa shape index (κ3) is 3.04. The summed E-state index contributed by atoms with van der Waals surface area (Å²) < 4.78 is 3.38. The topological polar surface area (TPSA) is 12.0 Å². The second-order valence-electron chi connectivity index (χ2n) is 3.69. The number of benzene rings is 2. The van der Waals surface area contributed by atoms with Crippen molar-refractivity contribution in [2.24, 2.45) is 0 Å². The zero-order valence-corrected chi connectivity index (χ0v) is 10.1. The van der Waals surface area contributed by atoms with Crippen molar-refractivity contribution in [1.82, 2.24) is 0 Å². The van der Waals surface area contributed by atoms with Crippen LogP contribution in [-0.2, 0) is 5.75 Å². The van der Waals surface area contributed by atoms with Gasteiger partial charge in [-0.05, 0) is 36.1 Å². The van der Waals surface area contributed by atoms with E-state index in [4.69, 9.17) is 0 Å². The third-order valence-corrected chi connectivity index (χ3v) is 3.25. The number of hydrogen-bond donors (Lipinski definition) is 1. The third-order valence-electron chi connectivity index (χ3n) is 2.41. The molecule has 0 saturated heterocycles. The number of nitrogens with one attached hydrogen (secondary N) is 1. The second-order valence-corrected chi connectivity index (χ2v) is 4.47. The van der Waals surface area contributed by atoms with Gasteiger partial charge >= 0.3 is 0 Å². The van der Waals surface area contributed by atoms with Crippen LogP contribution in [0.5, 0.6) is 0 Å². The van der Waals surface area contributed by atoms with Crippen LogP contribution in [0, 0.1) is 6.92 Å². The molecule has 0 unspecified atom stereocenters. The number of para-hydroxylation sites is 1. The Kier molecular flexibility index (Phi) is 3.89. The van der Waals surface area contributed by atoms with E-state index in [0.717, 1.165) is 5.75 Å². The Bertz CT molecular complexity index is 439. The molecule has 16 heavy (non-hydrogen) atoms. The predicted molar refractivity (Wildman–Crippen MR) is 72.5 cm³/mol. The first-order valence-electron chi connectivity index (χ1n) is 5.33. The molecule has 0 atom stereocenters. The standard InChI is InChI=1S/C14H15NS/c1-12-7-5-6-10-14(12)15-16-11-13-8-3-2-4-9-13/h2-10,15H,11H2,1H3. The Morgan fingerprint density at radius 1 is 0.938 bits per heavy atom. The van der Waals surface area contributed by atoms with Crippen LogP contribution in [0.4, 0.5) is 5.69 Å². The SMILES string of the molecule is Cc1ccccc1NSCc1ccccc1. The lowest BCUT2D eigenvalue weighted by molar-refractivity contribution is 1.41. The van der Waals surface area contributed by atoms with Crippen molar-refractivity contribution >= 4 is 17.6 Å². The van der Waals surface area contributed by atoms with E-state index in [2.05, 4.69) is 60.2 Å². The van der Waals surface area contributed by atoms with Crippen molar-refractivity contribution in [3.8, 4) is 0 Å². The van der Waals surface area contributed by atoms with Crippen LogP contribution >= 0.6 is 11.9 Å². The minimum atomic E-state index is 0.981. The van der Waals surface area contributed by atoms with E-state index in [-0.39, 0.29) is 0 Å². The Labute approximate surface area is 101 Å². The molecule has 2 rings (SSSR count). The molecule has 2 aromatic rings. The summed E-state index contributed by atoms with van der Waals surface area (Å²) >= 11 is 1.72. The molecule has 0 fully saturated rings. The summed E-state index contributed by atoms with van der Waals surface area (Å²) in [5.74, 6) is 0.981. The fraction of sp³-hybridized carbons (Fsp3) is 0.143. The van der Waals surface area contributed by atoms with Crippen molar-refractivity contribution in [2.75, 3.05) is 4.72 Å². The summed E-state index contributed by atoms with van der Waals surface area (Å²) in [7, 11) is 0. The summed E-state index contributed by atoms with van der Waals surface area (Å²) in [4.78, 5) is 0. The van der Waals surface area contributed by atoms with Crippen molar-refractivity contribution in [2.45, 2.75) is 12.7 Å². The van der Waals surface area contributed by atoms with E-state index < -0.39 is 0 Å². The molecule has 0 aromatic heterocycles. The first kappa shape index (κ1) is 11.1. The quantitative estimate of drug-likeness (QED) is 0.786. The molecular formula is C14H15NS. The molecular weight excluding hydrogens is 214 g/mol. The zero-order chi connectivity index (χ0) is 11.2. The Hall–Kier alpha value is -1.41. The molecule has 0 aliphatic carbocycles. The van der Waals surface area contributed by atoms with Gasteiger partial charge in [-0.25, -0.2) is 0 Å². The number of hydrogen-bond acceptors (Lipinski definition) is 2. The molecule has 0 saturated carbocycles. The maximum Gasteiger partial charge on any atom is 0.0469 e. The van der Waals surface area contributed by atoms with Gasteiger partial charge in [0.1, 0.15) is 0 Å². The fourth-order valence-corrected chi connectivity index (χ4v) is 2.27. The van der Waals surface area contributed by atoms with Crippen LogP contribution in [0.2, 0.25) is 0 Å². The lowest BCUT2D eigenvalue weighted by atomic mass is 10.2. The van der Waals surface area contributed by atoms with Gasteiger partial charge in [-0.2, -0.15) is 0 Å². The van der Waals surface area contributed by atoms with Gasteiger partial charge in [0.05, 0.1) is 0 Å². The summed E-state index contributed by atoms with van der Waals surface area (Å²) in [5, 5.41) is 0. The minimum absolute atomic E-state index is 0.981. The van der Waals surface area contributed by atoms with E-state index in [1.807, 2.05) is 6.07 Å². The molecule has 0 amide bonds. The molecule has 2 heteroatoms. The average molecular weight is 229 g/mol. The monoisotopic (exact) mass is 229 g/mol. The highest BCUT2D eigenvalue weighted by molar-refractivity contribution is 7.99.